The van der Waals surface area contributed by atoms with Gasteiger partial charge in [-0.25, -0.2) is 4.68 Å². The van der Waals surface area contributed by atoms with Crippen LogP contribution in [0.25, 0.3) is 5.69 Å². The van der Waals surface area contributed by atoms with Crippen LogP contribution in [0, 0.1) is 11.8 Å². The number of aromatic nitrogens is 2. The van der Waals surface area contributed by atoms with E-state index in [-0.39, 0.29) is 11.8 Å². The number of hydrogen-bond acceptors (Lipinski definition) is 3. The highest BCUT2D eigenvalue weighted by Crippen LogP contribution is 2.38. The summed E-state index contributed by atoms with van der Waals surface area (Å²) < 4.78 is 1.75. The fourth-order valence-electron chi connectivity index (χ4n) is 2.27. The van der Waals surface area contributed by atoms with E-state index in [0.29, 0.717) is 13.0 Å². The Balaban J connectivity index is 1.54. The Kier molecular flexibility index (Phi) is 3.43. The average molecular weight is 285 g/mol. The van der Waals surface area contributed by atoms with Gasteiger partial charge in [0, 0.05) is 18.9 Å². The van der Waals surface area contributed by atoms with Crippen molar-refractivity contribution in [1.82, 2.24) is 15.1 Å². The third kappa shape index (κ3) is 2.94. The van der Waals surface area contributed by atoms with E-state index in [9.17, 15) is 9.59 Å². The maximum absolute atomic E-state index is 11.8. The zero-order valence-corrected chi connectivity index (χ0v) is 11.3. The first-order valence-corrected chi connectivity index (χ1v) is 6.74. The van der Waals surface area contributed by atoms with Gasteiger partial charge in [-0.15, -0.1) is 0 Å². The summed E-state index contributed by atoms with van der Waals surface area (Å²) in [6.07, 6.45) is 4.01. The summed E-state index contributed by atoms with van der Waals surface area (Å²) in [6, 6.07) is 9.53. The van der Waals surface area contributed by atoms with Crippen LogP contribution >= 0.6 is 0 Å². The molecule has 6 nitrogen and oxygen atoms in total. The first kappa shape index (κ1) is 13.4. The molecule has 0 aliphatic heterocycles. The molecule has 1 fully saturated rings. The van der Waals surface area contributed by atoms with Gasteiger partial charge >= 0.3 is 5.97 Å². The van der Waals surface area contributed by atoms with Crippen LogP contribution in [0.2, 0.25) is 0 Å². The smallest absolute Gasteiger partial charge is 0.307 e. The standard InChI is InChI=1S/C15H15N3O3/c19-14(12-8-13(12)15(20)21)16-9-10-2-4-11(5-3-10)18-7-1-6-17-18/h1-7,12-13H,8-9H2,(H,16,19)(H,20,21). The van der Waals surface area contributed by atoms with Crippen LogP contribution in [-0.4, -0.2) is 26.8 Å². The van der Waals surface area contributed by atoms with Gasteiger partial charge in [-0.1, -0.05) is 12.1 Å². The van der Waals surface area contributed by atoms with Gasteiger partial charge in [0.2, 0.25) is 5.91 Å². The molecule has 2 aromatic rings. The molecule has 2 unspecified atom stereocenters. The van der Waals surface area contributed by atoms with Crippen molar-refractivity contribution < 1.29 is 14.7 Å². The van der Waals surface area contributed by atoms with Crippen LogP contribution in [0.15, 0.2) is 42.7 Å². The molecule has 1 aliphatic rings. The molecule has 1 aliphatic carbocycles. The predicted octanol–water partition coefficient (Wildman–Crippen LogP) is 1.21. The highest BCUT2D eigenvalue weighted by Gasteiger charge is 2.48. The normalized spacial score (nSPS) is 20.0. The van der Waals surface area contributed by atoms with Crippen molar-refractivity contribution in [3.63, 3.8) is 0 Å². The van der Waals surface area contributed by atoms with E-state index in [1.54, 1.807) is 10.9 Å². The van der Waals surface area contributed by atoms with E-state index in [1.807, 2.05) is 36.5 Å². The number of nitrogens with zero attached hydrogens (tertiary/aromatic N) is 2. The molecule has 3 rings (SSSR count). The second kappa shape index (κ2) is 5.40. The van der Waals surface area contributed by atoms with E-state index in [1.165, 1.54) is 0 Å². The Hall–Kier alpha value is -2.63. The summed E-state index contributed by atoms with van der Waals surface area (Å²) in [5, 5.41) is 15.7. The molecule has 1 aromatic heterocycles. The summed E-state index contributed by atoms with van der Waals surface area (Å²) in [7, 11) is 0. The SMILES string of the molecule is O=C(O)C1CC1C(=O)NCc1ccc(-n2cccn2)cc1. The molecular formula is C15H15N3O3. The highest BCUT2D eigenvalue weighted by atomic mass is 16.4. The fourth-order valence-corrected chi connectivity index (χ4v) is 2.27. The Morgan fingerprint density at radius 2 is 2.05 bits per heavy atom. The molecule has 2 N–H and O–H groups in total. The summed E-state index contributed by atoms with van der Waals surface area (Å²) in [5.74, 6) is -1.95. The van der Waals surface area contributed by atoms with Gasteiger partial charge in [-0.2, -0.15) is 5.10 Å². The molecule has 0 spiro atoms. The highest BCUT2D eigenvalue weighted by molar-refractivity contribution is 5.89. The van der Waals surface area contributed by atoms with Crippen molar-refractivity contribution in [1.29, 1.82) is 0 Å². The third-order valence-electron chi connectivity index (χ3n) is 3.62. The van der Waals surface area contributed by atoms with E-state index in [2.05, 4.69) is 10.4 Å². The number of carbonyl (C=O) groups excluding carboxylic acids is 1. The number of aliphatic carboxylic acids is 1. The molecule has 0 saturated heterocycles. The molecule has 1 heterocycles. The third-order valence-corrected chi connectivity index (χ3v) is 3.62. The van der Waals surface area contributed by atoms with Crippen LogP contribution in [0.3, 0.4) is 0 Å². The lowest BCUT2D eigenvalue weighted by molar-refractivity contribution is -0.140. The lowest BCUT2D eigenvalue weighted by Crippen LogP contribution is -2.25. The molecule has 1 amide bonds. The summed E-state index contributed by atoms with van der Waals surface area (Å²) >= 11 is 0. The summed E-state index contributed by atoms with van der Waals surface area (Å²) in [6.45, 7) is 0.404. The van der Waals surface area contributed by atoms with Crippen molar-refractivity contribution in [2.75, 3.05) is 0 Å². The molecule has 1 aromatic carbocycles. The molecule has 108 valence electrons. The summed E-state index contributed by atoms with van der Waals surface area (Å²) in [5.41, 5.74) is 1.91. The fraction of sp³-hybridized carbons (Fsp3) is 0.267. The number of hydrogen-bond donors (Lipinski definition) is 2. The van der Waals surface area contributed by atoms with Gasteiger partial charge in [0.25, 0.3) is 0 Å². The minimum absolute atomic E-state index is 0.182. The van der Waals surface area contributed by atoms with Crippen LogP contribution in [0.5, 0.6) is 0 Å². The van der Waals surface area contributed by atoms with E-state index in [0.717, 1.165) is 11.3 Å². The van der Waals surface area contributed by atoms with Gasteiger partial charge in [0.1, 0.15) is 0 Å². The number of carbonyl (C=O) groups is 2. The lowest BCUT2D eigenvalue weighted by atomic mass is 10.2. The molecule has 21 heavy (non-hydrogen) atoms. The van der Waals surface area contributed by atoms with Crippen molar-refractivity contribution in [2.24, 2.45) is 11.8 Å². The lowest BCUT2D eigenvalue weighted by Gasteiger charge is -2.06. The Labute approximate surface area is 121 Å². The van der Waals surface area contributed by atoms with E-state index in [4.69, 9.17) is 5.11 Å². The van der Waals surface area contributed by atoms with E-state index >= 15 is 0 Å². The monoisotopic (exact) mass is 285 g/mol. The first-order valence-electron chi connectivity index (χ1n) is 6.74. The maximum Gasteiger partial charge on any atom is 0.307 e. The largest absolute Gasteiger partial charge is 0.481 e. The Bertz CT molecular complexity index is 649. The topological polar surface area (TPSA) is 84.2 Å². The second-order valence-corrected chi connectivity index (χ2v) is 5.12. The molecule has 2 atom stereocenters. The van der Waals surface area contributed by atoms with Gasteiger partial charge in [-0.05, 0) is 30.2 Å². The number of amides is 1. The molecular weight excluding hydrogens is 270 g/mol. The number of rotatable bonds is 5. The van der Waals surface area contributed by atoms with Crippen LogP contribution in [0.1, 0.15) is 12.0 Å². The zero-order valence-electron chi connectivity index (χ0n) is 11.3. The van der Waals surface area contributed by atoms with E-state index < -0.39 is 11.9 Å². The van der Waals surface area contributed by atoms with Crippen molar-refractivity contribution in [3.05, 3.63) is 48.3 Å². The minimum Gasteiger partial charge on any atom is -0.481 e. The average Bonchev–Trinajstić information content (AvgIpc) is 3.12. The van der Waals surface area contributed by atoms with Gasteiger partial charge in [-0.3, -0.25) is 9.59 Å². The maximum atomic E-state index is 11.8. The molecule has 0 radical (unpaired) electrons. The number of nitrogens with one attached hydrogen (secondary N) is 1. The number of carboxylic acids is 1. The quantitative estimate of drug-likeness (QED) is 0.864. The van der Waals surface area contributed by atoms with Gasteiger partial charge in [0.15, 0.2) is 0 Å². The van der Waals surface area contributed by atoms with Crippen molar-refractivity contribution in [3.8, 4) is 5.69 Å². The second-order valence-electron chi connectivity index (χ2n) is 5.12. The van der Waals surface area contributed by atoms with Crippen molar-refractivity contribution in [2.45, 2.75) is 13.0 Å². The minimum atomic E-state index is -0.890. The van der Waals surface area contributed by atoms with Crippen molar-refractivity contribution >= 4 is 11.9 Å². The van der Waals surface area contributed by atoms with Crippen LogP contribution in [-0.2, 0) is 16.1 Å². The van der Waals surface area contributed by atoms with Crippen LogP contribution < -0.4 is 5.32 Å². The number of carboxylic acid groups (broad SMARTS) is 1. The van der Waals surface area contributed by atoms with Gasteiger partial charge < -0.3 is 10.4 Å². The molecule has 0 bridgehead atoms. The van der Waals surface area contributed by atoms with Gasteiger partial charge in [0.05, 0.1) is 17.5 Å². The van der Waals surface area contributed by atoms with Crippen LogP contribution in [0.4, 0.5) is 0 Å². The molecule has 6 heteroatoms. The Morgan fingerprint density at radius 3 is 2.62 bits per heavy atom. The molecule has 1 saturated carbocycles. The first-order chi connectivity index (χ1) is 10.1. The summed E-state index contributed by atoms with van der Waals surface area (Å²) in [4.78, 5) is 22.5. The predicted molar refractivity (Wildman–Crippen MR) is 74.6 cm³/mol. The number of benzene rings is 1. The Morgan fingerprint density at radius 1 is 1.29 bits per heavy atom. The zero-order chi connectivity index (χ0) is 14.8.